The number of aryl methyl sites for hydroxylation is 1. The minimum absolute atomic E-state index is 0.200. The molecule has 2 nitrogen and oxygen atoms in total. The predicted molar refractivity (Wildman–Crippen MR) is 78.1 cm³/mol. The first-order valence-corrected chi connectivity index (χ1v) is 6.52. The predicted octanol–water partition coefficient (Wildman–Crippen LogP) is 4.54. The van der Waals surface area contributed by atoms with Crippen molar-refractivity contribution in [2.45, 2.75) is 6.92 Å². The van der Waals surface area contributed by atoms with Crippen molar-refractivity contribution in [3.8, 4) is 6.07 Å². The summed E-state index contributed by atoms with van der Waals surface area (Å²) in [7, 11) is 1.79. The van der Waals surface area contributed by atoms with E-state index < -0.39 is 5.82 Å². The van der Waals surface area contributed by atoms with Crippen LogP contribution in [0.3, 0.4) is 0 Å². The van der Waals surface area contributed by atoms with Crippen molar-refractivity contribution in [2.24, 2.45) is 0 Å². The van der Waals surface area contributed by atoms with Crippen LogP contribution in [0, 0.1) is 24.1 Å². The van der Waals surface area contributed by atoms with Crippen molar-refractivity contribution in [2.75, 3.05) is 11.9 Å². The van der Waals surface area contributed by atoms with E-state index in [4.69, 9.17) is 5.26 Å². The molecule has 0 spiro atoms. The molecular weight excluding hydrogens is 307 g/mol. The fraction of sp³-hybridized carbons (Fsp3) is 0.133. The Morgan fingerprint density at radius 1 is 1.16 bits per heavy atom. The van der Waals surface area contributed by atoms with E-state index in [0.717, 1.165) is 11.3 Å². The van der Waals surface area contributed by atoms with Crippen molar-refractivity contribution >= 4 is 27.3 Å². The Balaban J connectivity index is 2.45. The van der Waals surface area contributed by atoms with Crippen LogP contribution in [0.25, 0.3) is 0 Å². The Labute approximate surface area is 120 Å². The molecule has 2 aromatic rings. The van der Waals surface area contributed by atoms with Gasteiger partial charge in [-0.2, -0.15) is 5.26 Å². The van der Waals surface area contributed by atoms with Gasteiger partial charge in [-0.05, 0) is 47.1 Å². The standard InChI is InChI=1S/C15H12BrFN2/c1-10-3-6-12(7-4-10)19(2)13-8-5-11(9-18)14(16)15(13)17/h3-8H,1-2H3. The lowest BCUT2D eigenvalue weighted by Crippen LogP contribution is -2.11. The molecule has 0 aromatic heterocycles. The molecule has 0 heterocycles. The van der Waals surface area contributed by atoms with Gasteiger partial charge in [0.05, 0.1) is 15.7 Å². The summed E-state index contributed by atoms with van der Waals surface area (Å²) in [4.78, 5) is 1.75. The molecule has 0 saturated carbocycles. The fourth-order valence-electron chi connectivity index (χ4n) is 1.79. The highest BCUT2D eigenvalue weighted by Crippen LogP contribution is 2.32. The van der Waals surface area contributed by atoms with Gasteiger partial charge in [-0.1, -0.05) is 17.7 Å². The zero-order chi connectivity index (χ0) is 14.0. The van der Waals surface area contributed by atoms with E-state index in [2.05, 4.69) is 15.9 Å². The highest BCUT2D eigenvalue weighted by molar-refractivity contribution is 9.10. The van der Waals surface area contributed by atoms with E-state index in [1.54, 1.807) is 24.1 Å². The zero-order valence-corrected chi connectivity index (χ0v) is 12.2. The smallest absolute Gasteiger partial charge is 0.162 e. The number of halogens is 2. The van der Waals surface area contributed by atoms with E-state index in [1.807, 2.05) is 37.3 Å². The fourth-order valence-corrected chi connectivity index (χ4v) is 2.22. The van der Waals surface area contributed by atoms with Gasteiger partial charge in [0.1, 0.15) is 6.07 Å². The van der Waals surface area contributed by atoms with Gasteiger partial charge in [0.25, 0.3) is 0 Å². The lowest BCUT2D eigenvalue weighted by atomic mass is 10.1. The normalized spacial score (nSPS) is 10.1. The lowest BCUT2D eigenvalue weighted by Gasteiger charge is -2.21. The van der Waals surface area contributed by atoms with Gasteiger partial charge in [0.2, 0.25) is 0 Å². The monoisotopic (exact) mass is 318 g/mol. The molecule has 0 atom stereocenters. The van der Waals surface area contributed by atoms with Crippen LogP contribution >= 0.6 is 15.9 Å². The molecule has 2 aromatic carbocycles. The quantitative estimate of drug-likeness (QED) is 0.813. The molecule has 0 saturated heterocycles. The Kier molecular flexibility index (Phi) is 3.87. The molecule has 0 bridgehead atoms. The Bertz CT molecular complexity index is 644. The minimum Gasteiger partial charge on any atom is -0.342 e. The summed E-state index contributed by atoms with van der Waals surface area (Å²) in [6, 6.07) is 13.0. The largest absolute Gasteiger partial charge is 0.342 e. The van der Waals surface area contributed by atoms with Crippen LogP contribution in [-0.2, 0) is 0 Å². The first-order valence-electron chi connectivity index (χ1n) is 5.73. The second-order valence-corrected chi connectivity index (χ2v) is 5.06. The average Bonchev–Trinajstić information content (AvgIpc) is 2.42. The maximum atomic E-state index is 14.2. The molecule has 0 aliphatic rings. The number of benzene rings is 2. The summed E-state index contributed by atoms with van der Waals surface area (Å²) in [6.07, 6.45) is 0. The number of nitriles is 1. The number of anilines is 2. The van der Waals surface area contributed by atoms with Crippen LogP contribution in [0.5, 0.6) is 0 Å². The maximum Gasteiger partial charge on any atom is 0.162 e. The van der Waals surface area contributed by atoms with Gasteiger partial charge >= 0.3 is 0 Å². The number of rotatable bonds is 2. The van der Waals surface area contributed by atoms with Gasteiger partial charge in [-0.15, -0.1) is 0 Å². The molecule has 19 heavy (non-hydrogen) atoms. The second-order valence-electron chi connectivity index (χ2n) is 4.27. The van der Waals surface area contributed by atoms with Gasteiger partial charge in [-0.25, -0.2) is 4.39 Å². The number of hydrogen-bond donors (Lipinski definition) is 0. The van der Waals surface area contributed by atoms with Crippen molar-refractivity contribution in [3.05, 3.63) is 57.8 Å². The molecule has 0 N–H and O–H groups in total. The van der Waals surface area contributed by atoms with E-state index in [1.165, 1.54) is 0 Å². The lowest BCUT2D eigenvalue weighted by molar-refractivity contribution is 0.620. The molecule has 2 rings (SSSR count). The highest BCUT2D eigenvalue weighted by atomic mass is 79.9. The first kappa shape index (κ1) is 13.6. The van der Waals surface area contributed by atoms with Crippen LogP contribution < -0.4 is 4.90 Å². The minimum atomic E-state index is -0.429. The third-order valence-electron chi connectivity index (χ3n) is 2.97. The molecule has 0 fully saturated rings. The van der Waals surface area contributed by atoms with Crippen LogP contribution in [0.2, 0.25) is 0 Å². The number of hydrogen-bond acceptors (Lipinski definition) is 2. The van der Waals surface area contributed by atoms with Crippen molar-refractivity contribution in [3.63, 3.8) is 0 Å². The summed E-state index contributed by atoms with van der Waals surface area (Å²) in [5.74, 6) is -0.429. The van der Waals surface area contributed by atoms with Gasteiger partial charge in [0.15, 0.2) is 5.82 Å². The zero-order valence-electron chi connectivity index (χ0n) is 10.6. The number of nitrogens with zero attached hydrogens (tertiary/aromatic N) is 2. The molecule has 96 valence electrons. The Morgan fingerprint density at radius 2 is 1.79 bits per heavy atom. The average molecular weight is 319 g/mol. The van der Waals surface area contributed by atoms with Crippen molar-refractivity contribution < 1.29 is 4.39 Å². The van der Waals surface area contributed by atoms with Crippen LogP contribution in [0.4, 0.5) is 15.8 Å². The van der Waals surface area contributed by atoms with Crippen molar-refractivity contribution in [1.82, 2.24) is 0 Å². The first-order chi connectivity index (χ1) is 9.04. The molecular formula is C15H12BrFN2. The summed E-state index contributed by atoms with van der Waals surface area (Å²) >= 11 is 3.12. The highest BCUT2D eigenvalue weighted by Gasteiger charge is 2.15. The van der Waals surface area contributed by atoms with Gasteiger partial charge in [0, 0.05) is 12.7 Å². The molecule has 0 aliphatic carbocycles. The summed E-state index contributed by atoms with van der Waals surface area (Å²) < 4.78 is 14.4. The SMILES string of the molecule is Cc1ccc(N(C)c2ccc(C#N)c(Br)c2F)cc1. The van der Waals surface area contributed by atoms with Gasteiger partial charge < -0.3 is 4.90 Å². The molecule has 4 heteroatoms. The second kappa shape index (κ2) is 5.41. The topological polar surface area (TPSA) is 27.0 Å². The van der Waals surface area contributed by atoms with Crippen LogP contribution in [0.1, 0.15) is 11.1 Å². The maximum absolute atomic E-state index is 14.2. The molecule has 0 aliphatic heterocycles. The summed E-state index contributed by atoms with van der Waals surface area (Å²) in [5.41, 5.74) is 2.76. The molecule has 0 amide bonds. The van der Waals surface area contributed by atoms with E-state index in [0.29, 0.717) is 11.3 Å². The van der Waals surface area contributed by atoms with E-state index in [9.17, 15) is 4.39 Å². The van der Waals surface area contributed by atoms with E-state index >= 15 is 0 Å². The third-order valence-corrected chi connectivity index (χ3v) is 3.74. The summed E-state index contributed by atoms with van der Waals surface area (Å²) in [5, 5.41) is 8.86. The molecule has 0 unspecified atom stereocenters. The third kappa shape index (κ3) is 2.61. The van der Waals surface area contributed by atoms with Gasteiger partial charge in [-0.3, -0.25) is 0 Å². The Hall–Kier alpha value is -1.86. The van der Waals surface area contributed by atoms with E-state index in [-0.39, 0.29) is 4.47 Å². The van der Waals surface area contributed by atoms with Crippen LogP contribution in [-0.4, -0.2) is 7.05 Å². The Morgan fingerprint density at radius 3 is 2.37 bits per heavy atom. The summed E-state index contributed by atoms with van der Waals surface area (Å²) in [6.45, 7) is 2.00. The molecule has 0 radical (unpaired) electrons. The van der Waals surface area contributed by atoms with Crippen LogP contribution in [0.15, 0.2) is 40.9 Å². The van der Waals surface area contributed by atoms with Crippen molar-refractivity contribution in [1.29, 1.82) is 5.26 Å².